The van der Waals surface area contributed by atoms with Crippen LogP contribution < -0.4 is 10.6 Å². The van der Waals surface area contributed by atoms with Gasteiger partial charge in [0.25, 0.3) is 0 Å². The fraction of sp³-hybridized carbons (Fsp3) is 0.435. The summed E-state index contributed by atoms with van der Waals surface area (Å²) in [4.78, 5) is 19.3. The molecule has 1 aliphatic heterocycles. The lowest BCUT2D eigenvalue weighted by molar-refractivity contribution is 0.167. The third kappa shape index (κ3) is 4.43. The number of likely N-dealkylation sites (tertiary alicyclic amines) is 1. The van der Waals surface area contributed by atoms with Crippen LogP contribution in [0.15, 0.2) is 41.0 Å². The minimum absolute atomic E-state index is 0.0763. The van der Waals surface area contributed by atoms with Crippen molar-refractivity contribution < 1.29 is 4.79 Å². The molecule has 0 radical (unpaired) electrons. The lowest BCUT2D eigenvalue weighted by Gasteiger charge is -2.33. The number of fused-ring (bicyclic) bond motifs is 1. The van der Waals surface area contributed by atoms with Gasteiger partial charge in [-0.05, 0) is 53.1 Å². The molecule has 1 saturated heterocycles. The van der Waals surface area contributed by atoms with Gasteiger partial charge in [0, 0.05) is 42.3 Å². The number of piperidine rings is 1. The number of carbonyl (C=O) groups excluding carboxylic acids is 1. The van der Waals surface area contributed by atoms with E-state index in [0.29, 0.717) is 22.9 Å². The van der Waals surface area contributed by atoms with Crippen LogP contribution in [0.3, 0.4) is 0 Å². The normalized spacial score (nSPS) is 22.7. The molecule has 1 saturated carbocycles. The molecule has 2 N–H and O–H groups in total. The number of carbonyl (C=O) groups is 1. The van der Waals surface area contributed by atoms with E-state index in [4.69, 9.17) is 16.6 Å². The van der Waals surface area contributed by atoms with Crippen LogP contribution in [0.25, 0.3) is 16.9 Å². The zero-order valence-corrected chi connectivity index (χ0v) is 20.2. The zero-order valence-electron chi connectivity index (χ0n) is 17.9. The second kappa shape index (κ2) is 8.90. The van der Waals surface area contributed by atoms with Gasteiger partial charge >= 0.3 is 6.03 Å². The molecule has 1 unspecified atom stereocenters. The lowest BCUT2D eigenvalue weighted by atomic mass is 9.98. The van der Waals surface area contributed by atoms with Gasteiger partial charge in [0.05, 0.1) is 16.4 Å². The molecule has 0 spiro atoms. The topological polar surface area (TPSA) is 74.6 Å². The minimum Gasteiger partial charge on any atom is -0.370 e. The summed E-state index contributed by atoms with van der Waals surface area (Å²) in [7, 11) is 0. The molecule has 0 bridgehead atoms. The number of nitrogens with zero attached hydrogens (tertiary/aromatic N) is 4. The van der Waals surface area contributed by atoms with Crippen molar-refractivity contribution in [1.82, 2.24) is 24.8 Å². The number of hydrogen-bond acceptors (Lipinski definition) is 4. The monoisotopic (exact) mass is 516 g/mol. The summed E-state index contributed by atoms with van der Waals surface area (Å²) < 4.78 is 2.62. The number of benzene rings is 1. The van der Waals surface area contributed by atoms with E-state index < -0.39 is 0 Å². The Kier molecular flexibility index (Phi) is 5.99. The van der Waals surface area contributed by atoms with E-state index in [1.165, 1.54) is 0 Å². The molecule has 9 heteroatoms. The van der Waals surface area contributed by atoms with Crippen molar-refractivity contribution in [3.63, 3.8) is 0 Å². The fourth-order valence-electron chi connectivity index (χ4n) is 4.31. The van der Waals surface area contributed by atoms with Crippen molar-refractivity contribution in [1.29, 1.82) is 0 Å². The second-order valence-electron chi connectivity index (χ2n) is 8.84. The van der Waals surface area contributed by atoms with E-state index in [1.54, 1.807) is 10.7 Å². The van der Waals surface area contributed by atoms with Gasteiger partial charge in [-0.25, -0.2) is 9.78 Å². The zero-order chi connectivity index (χ0) is 22.2. The Balaban J connectivity index is 1.32. The molecule has 2 aromatic heterocycles. The molecule has 1 aromatic carbocycles. The number of rotatable bonds is 5. The molecule has 7 nitrogen and oxygen atoms in total. The van der Waals surface area contributed by atoms with Crippen LogP contribution >= 0.6 is 27.5 Å². The van der Waals surface area contributed by atoms with Gasteiger partial charge in [-0.3, -0.25) is 0 Å². The number of urea groups is 1. The van der Waals surface area contributed by atoms with Crippen LogP contribution in [0, 0.1) is 11.8 Å². The van der Waals surface area contributed by atoms with Crippen molar-refractivity contribution in [3.05, 3.63) is 46.0 Å². The smallest absolute Gasteiger partial charge is 0.317 e. The Hall–Kier alpha value is -2.32. The van der Waals surface area contributed by atoms with E-state index in [0.717, 1.165) is 66.1 Å². The molecule has 2 amide bonds. The van der Waals surface area contributed by atoms with Gasteiger partial charge < -0.3 is 15.5 Å². The quantitative estimate of drug-likeness (QED) is 0.496. The van der Waals surface area contributed by atoms with Crippen LogP contribution in [-0.2, 0) is 0 Å². The summed E-state index contributed by atoms with van der Waals surface area (Å²) >= 11 is 9.98. The third-order valence-corrected chi connectivity index (χ3v) is 7.26. The summed E-state index contributed by atoms with van der Waals surface area (Å²) in [5, 5.41) is 11.8. The highest BCUT2D eigenvalue weighted by Crippen LogP contribution is 2.31. The fourth-order valence-corrected chi connectivity index (χ4v) is 4.89. The number of aromatic nitrogens is 3. The maximum atomic E-state index is 12.6. The van der Waals surface area contributed by atoms with Gasteiger partial charge in [-0.2, -0.15) is 9.61 Å². The van der Waals surface area contributed by atoms with Crippen LogP contribution in [0.1, 0.15) is 26.2 Å². The highest BCUT2D eigenvalue weighted by Gasteiger charge is 2.35. The molecule has 5 rings (SSSR count). The van der Waals surface area contributed by atoms with Gasteiger partial charge in [0.15, 0.2) is 5.65 Å². The highest BCUT2D eigenvalue weighted by atomic mass is 79.9. The second-order valence-corrected chi connectivity index (χ2v) is 10.1. The van der Waals surface area contributed by atoms with Gasteiger partial charge in [-0.15, -0.1) is 0 Å². The van der Waals surface area contributed by atoms with Crippen molar-refractivity contribution in [3.8, 4) is 11.3 Å². The van der Waals surface area contributed by atoms with Gasteiger partial charge in [-0.1, -0.05) is 36.7 Å². The summed E-state index contributed by atoms with van der Waals surface area (Å²) in [6.07, 6.45) is 4.94. The summed E-state index contributed by atoms with van der Waals surface area (Å²) in [5.41, 5.74) is 2.39. The molecule has 3 aromatic rings. The molecule has 32 heavy (non-hydrogen) atoms. The van der Waals surface area contributed by atoms with E-state index in [9.17, 15) is 4.79 Å². The summed E-state index contributed by atoms with van der Waals surface area (Å²) in [5.74, 6) is 1.83. The first-order chi connectivity index (χ1) is 15.5. The van der Waals surface area contributed by atoms with Crippen molar-refractivity contribution >= 4 is 45.0 Å². The Morgan fingerprint density at radius 3 is 2.94 bits per heavy atom. The van der Waals surface area contributed by atoms with Crippen LogP contribution in [0.5, 0.6) is 0 Å². The average molecular weight is 518 g/mol. The molecule has 2 fully saturated rings. The lowest BCUT2D eigenvalue weighted by Crippen LogP contribution is -2.47. The van der Waals surface area contributed by atoms with E-state index in [1.807, 2.05) is 35.2 Å². The van der Waals surface area contributed by atoms with E-state index in [2.05, 4.69) is 38.6 Å². The molecular formula is C23H26BrClN6O. The van der Waals surface area contributed by atoms with Crippen molar-refractivity contribution in [2.75, 3.05) is 25.0 Å². The largest absolute Gasteiger partial charge is 0.370 e. The first-order valence-corrected chi connectivity index (χ1v) is 12.2. The van der Waals surface area contributed by atoms with Crippen molar-refractivity contribution in [2.24, 2.45) is 11.8 Å². The van der Waals surface area contributed by atoms with Crippen LogP contribution in [-0.4, -0.2) is 51.2 Å². The summed E-state index contributed by atoms with van der Waals surface area (Å²) in [6.45, 7) is 4.51. The standard InChI is InChI=1S/C23H26BrClN6O/c1-14-9-19(14)29-23(32)30-8-4-5-15(13-30)11-26-21-10-20(16-6-2-3-7-18(16)25)28-22-17(24)12-27-31(21)22/h2-3,6-7,10,12,14-15,19,26H,4-5,8-9,11,13H2,1H3,(H,29,32)/t14-,15?,19-/m1/s1. The molecule has 3 atom stereocenters. The summed E-state index contributed by atoms with van der Waals surface area (Å²) in [6, 6.07) is 10.1. The Morgan fingerprint density at radius 1 is 1.34 bits per heavy atom. The molecule has 168 valence electrons. The Labute approximate surface area is 200 Å². The van der Waals surface area contributed by atoms with Crippen LogP contribution in [0.2, 0.25) is 5.02 Å². The Bertz CT molecular complexity index is 1150. The average Bonchev–Trinajstić information content (AvgIpc) is 3.36. The number of amides is 2. The first-order valence-electron chi connectivity index (χ1n) is 11.1. The highest BCUT2D eigenvalue weighted by molar-refractivity contribution is 9.10. The SMILES string of the molecule is C[C@@H]1C[C@H]1NC(=O)N1CCCC(CNc2cc(-c3ccccc3Cl)nc3c(Br)cnn23)C1. The van der Waals surface area contributed by atoms with E-state index >= 15 is 0 Å². The predicted molar refractivity (Wildman–Crippen MR) is 130 cm³/mol. The molecule has 1 aliphatic carbocycles. The van der Waals surface area contributed by atoms with Crippen LogP contribution in [0.4, 0.5) is 10.6 Å². The van der Waals surface area contributed by atoms with Gasteiger partial charge in [0.1, 0.15) is 5.82 Å². The van der Waals surface area contributed by atoms with E-state index in [-0.39, 0.29) is 6.03 Å². The van der Waals surface area contributed by atoms with Gasteiger partial charge in [0.2, 0.25) is 0 Å². The third-order valence-electron chi connectivity index (χ3n) is 6.37. The minimum atomic E-state index is 0.0763. The van der Waals surface area contributed by atoms with Crippen molar-refractivity contribution in [2.45, 2.75) is 32.2 Å². The number of hydrogen-bond donors (Lipinski definition) is 2. The predicted octanol–water partition coefficient (Wildman–Crippen LogP) is 5.05. The number of nitrogens with one attached hydrogen (secondary N) is 2. The molecule has 2 aliphatic rings. The number of halogens is 2. The maximum Gasteiger partial charge on any atom is 0.317 e. The Morgan fingerprint density at radius 2 is 2.16 bits per heavy atom. The first kappa shape index (κ1) is 21.5. The maximum absolute atomic E-state index is 12.6. The molecule has 3 heterocycles. The molecular weight excluding hydrogens is 492 g/mol. The number of anilines is 1.